The van der Waals surface area contributed by atoms with Crippen LogP contribution in [0, 0.1) is 11.7 Å². The number of benzene rings is 2. The molecule has 2 aromatic carbocycles. The van der Waals surface area contributed by atoms with Crippen LogP contribution in [0.15, 0.2) is 54.6 Å². The highest BCUT2D eigenvalue weighted by molar-refractivity contribution is 6.06. The summed E-state index contributed by atoms with van der Waals surface area (Å²) in [6.45, 7) is 0. The Morgan fingerprint density at radius 3 is 2.39 bits per heavy atom. The number of carbonyl (C=O) groups excluding carboxylic acids is 1. The van der Waals surface area contributed by atoms with E-state index in [0.29, 0.717) is 23.3 Å². The molecule has 2 atom stereocenters. The van der Waals surface area contributed by atoms with E-state index in [4.69, 9.17) is 10.1 Å². The third-order valence-electron chi connectivity index (χ3n) is 8.04. The molecule has 0 unspecified atom stereocenters. The molecule has 33 heavy (non-hydrogen) atoms. The lowest BCUT2D eigenvalue weighted by molar-refractivity contribution is 0.0314. The molecule has 6 rings (SSSR count). The van der Waals surface area contributed by atoms with Crippen molar-refractivity contribution >= 4 is 11.9 Å². The molecular weight excluding hydrogens is 415 g/mol. The molecule has 170 valence electrons. The van der Waals surface area contributed by atoms with Crippen molar-refractivity contribution in [1.29, 1.82) is 0 Å². The van der Waals surface area contributed by atoms with Crippen molar-refractivity contribution in [2.45, 2.75) is 69.4 Å². The molecule has 6 heteroatoms. The van der Waals surface area contributed by atoms with Crippen molar-refractivity contribution in [1.82, 2.24) is 14.8 Å². The molecule has 2 fully saturated rings. The molecule has 1 aliphatic heterocycles. The topological polar surface area (TPSA) is 51.0 Å². The van der Waals surface area contributed by atoms with E-state index in [2.05, 4.69) is 4.68 Å². The van der Waals surface area contributed by atoms with E-state index >= 15 is 0 Å². The van der Waals surface area contributed by atoms with Gasteiger partial charge >= 0.3 is 0 Å². The maximum absolute atomic E-state index is 13.9. The van der Waals surface area contributed by atoms with Crippen LogP contribution in [-0.2, 0) is 5.54 Å². The molecule has 5 nitrogen and oxygen atoms in total. The second-order valence-electron chi connectivity index (χ2n) is 9.82. The summed E-state index contributed by atoms with van der Waals surface area (Å²) in [5, 5.41) is 5.08. The van der Waals surface area contributed by atoms with Gasteiger partial charge in [-0.15, -0.1) is 5.10 Å². The summed E-state index contributed by atoms with van der Waals surface area (Å²) in [5.41, 5.74) is 1.39. The summed E-state index contributed by atoms with van der Waals surface area (Å²) in [5.74, 6) is 1.26. The van der Waals surface area contributed by atoms with E-state index < -0.39 is 0 Å². The van der Waals surface area contributed by atoms with Crippen LogP contribution < -0.4 is 4.90 Å². The van der Waals surface area contributed by atoms with E-state index in [9.17, 15) is 9.18 Å². The van der Waals surface area contributed by atoms with Crippen LogP contribution in [0.1, 0.15) is 68.1 Å². The van der Waals surface area contributed by atoms with Gasteiger partial charge in [0.1, 0.15) is 5.82 Å². The molecule has 1 aromatic heterocycles. The standard InChI is InChI=1S/C27H29FN4O/c28-21-15-13-20(14-16-21)25(33)31-23-12-6-5-11-22(23)27(17-7-2-8-18-27)32-26(31)29-24(30-32)19-9-3-1-4-10-19/h1,3-4,9-10,13-16,22-23H,2,5-8,11-12,17-18H2/t22-,23+/m1/s1. The van der Waals surface area contributed by atoms with Crippen LogP contribution in [0.25, 0.3) is 11.4 Å². The van der Waals surface area contributed by atoms with Crippen LogP contribution >= 0.6 is 0 Å². The lowest BCUT2D eigenvalue weighted by Gasteiger charge is -2.55. The summed E-state index contributed by atoms with van der Waals surface area (Å²) in [4.78, 5) is 20.8. The first-order valence-electron chi connectivity index (χ1n) is 12.3. The summed E-state index contributed by atoms with van der Waals surface area (Å²) in [6.07, 6.45) is 10.2. The Hall–Kier alpha value is -3.02. The Labute approximate surface area is 193 Å². The fourth-order valence-electron chi connectivity index (χ4n) is 6.54. The van der Waals surface area contributed by atoms with Crippen molar-refractivity contribution in [2.24, 2.45) is 5.92 Å². The van der Waals surface area contributed by atoms with Crippen molar-refractivity contribution in [3.63, 3.8) is 0 Å². The first kappa shape index (κ1) is 20.6. The molecule has 2 aliphatic carbocycles. The quantitative estimate of drug-likeness (QED) is 0.490. The number of aromatic nitrogens is 3. The van der Waals surface area contributed by atoms with E-state index in [1.807, 2.05) is 35.2 Å². The van der Waals surface area contributed by atoms with Crippen molar-refractivity contribution in [3.8, 4) is 11.4 Å². The van der Waals surface area contributed by atoms with Gasteiger partial charge in [-0.2, -0.15) is 4.98 Å². The first-order valence-corrected chi connectivity index (χ1v) is 12.3. The number of halogens is 1. The summed E-state index contributed by atoms with van der Waals surface area (Å²) < 4.78 is 15.7. The molecule has 3 aromatic rings. The zero-order chi connectivity index (χ0) is 22.4. The maximum Gasteiger partial charge on any atom is 0.260 e. The Balaban J connectivity index is 1.54. The van der Waals surface area contributed by atoms with Crippen LogP contribution in [0.4, 0.5) is 10.3 Å². The number of hydrogen-bond donors (Lipinski definition) is 0. The van der Waals surface area contributed by atoms with E-state index in [1.54, 1.807) is 12.1 Å². The van der Waals surface area contributed by atoms with Gasteiger partial charge in [-0.3, -0.25) is 9.69 Å². The molecular formula is C27H29FN4O. The Kier molecular flexibility index (Phi) is 5.04. The Bertz CT molecular complexity index is 1150. The molecule has 0 N–H and O–H groups in total. The Morgan fingerprint density at radius 1 is 0.909 bits per heavy atom. The summed E-state index contributed by atoms with van der Waals surface area (Å²) in [6, 6.07) is 16.0. The molecule has 1 spiro atoms. The van der Waals surface area contributed by atoms with E-state index in [0.717, 1.165) is 37.7 Å². The van der Waals surface area contributed by atoms with Gasteiger partial charge in [0.05, 0.1) is 5.54 Å². The molecule has 0 saturated heterocycles. The lowest BCUT2D eigenvalue weighted by Crippen LogP contribution is -2.61. The van der Waals surface area contributed by atoms with Gasteiger partial charge in [0, 0.05) is 23.1 Å². The Morgan fingerprint density at radius 2 is 1.64 bits per heavy atom. The third-order valence-corrected chi connectivity index (χ3v) is 8.04. The maximum atomic E-state index is 13.9. The van der Waals surface area contributed by atoms with Crippen LogP contribution in [0.2, 0.25) is 0 Å². The highest BCUT2D eigenvalue weighted by Crippen LogP contribution is 2.53. The lowest BCUT2D eigenvalue weighted by atomic mass is 9.64. The van der Waals surface area contributed by atoms with Crippen LogP contribution in [0.5, 0.6) is 0 Å². The number of amides is 1. The van der Waals surface area contributed by atoms with E-state index in [-0.39, 0.29) is 23.3 Å². The van der Waals surface area contributed by atoms with Gasteiger partial charge in [-0.25, -0.2) is 9.07 Å². The van der Waals surface area contributed by atoms with Gasteiger partial charge in [0.25, 0.3) is 5.91 Å². The summed E-state index contributed by atoms with van der Waals surface area (Å²) in [7, 11) is 0. The van der Waals surface area contributed by atoms with Gasteiger partial charge < -0.3 is 0 Å². The predicted octanol–water partition coefficient (Wildman–Crippen LogP) is 5.96. The molecule has 0 bridgehead atoms. The second kappa shape index (κ2) is 8.08. The minimum atomic E-state index is -0.337. The zero-order valence-electron chi connectivity index (χ0n) is 18.8. The predicted molar refractivity (Wildman–Crippen MR) is 125 cm³/mol. The largest absolute Gasteiger partial charge is 0.273 e. The smallest absolute Gasteiger partial charge is 0.260 e. The molecule has 0 radical (unpaired) electrons. The fourth-order valence-corrected chi connectivity index (χ4v) is 6.54. The monoisotopic (exact) mass is 444 g/mol. The van der Waals surface area contributed by atoms with Gasteiger partial charge in [-0.1, -0.05) is 62.4 Å². The second-order valence-corrected chi connectivity index (χ2v) is 9.82. The summed E-state index contributed by atoms with van der Waals surface area (Å²) >= 11 is 0. The molecule has 2 saturated carbocycles. The number of rotatable bonds is 2. The van der Waals surface area contributed by atoms with Crippen LogP contribution in [0.3, 0.4) is 0 Å². The minimum Gasteiger partial charge on any atom is -0.273 e. The highest BCUT2D eigenvalue weighted by atomic mass is 19.1. The van der Waals surface area contributed by atoms with Gasteiger partial charge in [0.2, 0.25) is 5.95 Å². The minimum absolute atomic E-state index is 0.0712. The molecule has 2 heterocycles. The average Bonchev–Trinajstić information content (AvgIpc) is 3.32. The van der Waals surface area contributed by atoms with Gasteiger partial charge in [-0.05, 0) is 49.9 Å². The van der Waals surface area contributed by atoms with Gasteiger partial charge in [0.15, 0.2) is 5.82 Å². The average molecular weight is 445 g/mol. The number of anilines is 1. The number of nitrogens with zero attached hydrogens (tertiary/aromatic N) is 4. The SMILES string of the molecule is O=C(c1ccc(F)cc1)N1c2nc(-c3ccccc3)nn2C2(CCCCC2)[C@@H]2CCCC[C@@H]21. The normalized spacial score (nSPS) is 23.7. The fraction of sp³-hybridized carbons (Fsp3) is 0.444. The molecule has 3 aliphatic rings. The number of fused-ring (bicyclic) bond motifs is 4. The van der Waals surface area contributed by atoms with E-state index in [1.165, 1.54) is 37.8 Å². The van der Waals surface area contributed by atoms with Crippen LogP contribution in [-0.4, -0.2) is 26.7 Å². The number of carbonyl (C=O) groups is 1. The van der Waals surface area contributed by atoms with Crippen molar-refractivity contribution in [2.75, 3.05) is 4.90 Å². The zero-order valence-corrected chi connectivity index (χ0v) is 18.8. The van der Waals surface area contributed by atoms with Crippen molar-refractivity contribution in [3.05, 3.63) is 66.0 Å². The first-order chi connectivity index (χ1) is 16.2. The highest BCUT2D eigenvalue weighted by Gasteiger charge is 2.55. The number of hydrogen-bond acceptors (Lipinski definition) is 3. The van der Waals surface area contributed by atoms with Crippen molar-refractivity contribution < 1.29 is 9.18 Å². The molecule has 1 amide bonds. The third kappa shape index (κ3) is 3.30.